The van der Waals surface area contributed by atoms with E-state index in [0.29, 0.717) is 18.8 Å². The highest BCUT2D eigenvalue weighted by atomic mass is 79.9. The van der Waals surface area contributed by atoms with Crippen molar-refractivity contribution in [2.45, 2.75) is 26.3 Å². The van der Waals surface area contributed by atoms with Crippen LogP contribution in [-0.4, -0.2) is 26.0 Å². The molecule has 0 aliphatic heterocycles. The standard InChI is InChI=1S/C12H13BrN4O/c1-9(18)3-2-8-17-15-12(14-16-17)10-4-6-11(13)7-5-10/h4-7H,2-3,8H2,1H3. The van der Waals surface area contributed by atoms with Gasteiger partial charge in [0.15, 0.2) is 0 Å². The number of aryl methyl sites for hydroxylation is 1. The van der Waals surface area contributed by atoms with Crippen LogP contribution >= 0.6 is 15.9 Å². The Kier molecular flexibility index (Phi) is 4.19. The minimum atomic E-state index is 0.184. The van der Waals surface area contributed by atoms with Gasteiger partial charge in [0.2, 0.25) is 5.82 Å². The number of carbonyl (C=O) groups is 1. The van der Waals surface area contributed by atoms with Gasteiger partial charge in [0.05, 0.1) is 6.54 Å². The van der Waals surface area contributed by atoms with E-state index in [9.17, 15) is 4.79 Å². The third-order valence-corrected chi connectivity index (χ3v) is 2.97. The summed E-state index contributed by atoms with van der Waals surface area (Å²) in [5.41, 5.74) is 0.927. The first-order valence-corrected chi connectivity index (χ1v) is 6.47. The highest BCUT2D eigenvalue weighted by molar-refractivity contribution is 9.10. The molecule has 0 atom stereocenters. The minimum Gasteiger partial charge on any atom is -0.300 e. The number of benzene rings is 1. The van der Waals surface area contributed by atoms with E-state index in [4.69, 9.17) is 0 Å². The quantitative estimate of drug-likeness (QED) is 0.851. The Morgan fingerprint density at radius 1 is 1.33 bits per heavy atom. The lowest BCUT2D eigenvalue weighted by Gasteiger charge is -1.96. The first kappa shape index (κ1) is 12.9. The molecule has 2 rings (SSSR count). The fourth-order valence-electron chi connectivity index (χ4n) is 1.52. The lowest BCUT2D eigenvalue weighted by molar-refractivity contribution is -0.117. The zero-order valence-corrected chi connectivity index (χ0v) is 11.6. The molecule has 0 amide bonds. The SMILES string of the molecule is CC(=O)CCCn1nnc(-c2ccc(Br)cc2)n1. The summed E-state index contributed by atoms with van der Waals surface area (Å²) in [6.45, 7) is 2.20. The van der Waals surface area contributed by atoms with Crippen LogP contribution in [0.4, 0.5) is 0 Å². The number of rotatable bonds is 5. The summed E-state index contributed by atoms with van der Waals surface area (Å²) in [5.74, 6) is 0.786. The predicted octanol–water partition coefficient (Wildman–Crippen LogP) is 2.47. The first-order chi connectivity index (χ1) is 8.65. The minimum absolute atomic E-state index is 0.184. The third kappa shape index (κ3) is 3.46. The van der Waals surface area contributed by atoms with E-state index < -0.39 is 0 Å². The summed E-state index contributed by atoms with van der Waals surface area (Å²) < 4.78 is 1.01. The van der Waals surface area contributed by atoms with Gasteiger partial charge >= 0.3 is 0 Å². The summed E-state index contributed by atoms with van der Waals surface area (Å²) in [4.78, 5) is 12.4. The fraction of sp³-hybridized carbons (Fsp3) is 0.333. The van der Waals surface area contributed by atoms with E-state index in [-0.39, 0.29) is 5.78 Å². The molecular weight excluding hydrogens is 296 g/mol. The van der Waals surface area contributed by atoms with Crippen molar-refractivity contribution in [3.63, 3.8) is 0 Å². The average Bonchev–Trinajstić information content (AvgIpc) is 2.78. The molecule has 0 radical (unpaired) electrons. The molecule has 1 aromatic carbocycles. The van der Waals surface area contributed by atoms with Crippen molar-refractivity contribution < 1.29 is 4.79 Å². The monoisotopic (exact) mass is 308 g/mol. The Morgan fingerprint density at radius 2 is 2.06 bits per heavy atom. The molecule has 18 heavy (non-hydrogen) atoms. The molecule has 94 valence electrons. The average molecular weight is 309 g/mol. The molecule has 0 N–H and O–H groups in total. The Hall–Kier alpha value is -1.56. The highest BCUT2D eigenvalue weighted by Gasteiger charge is 2.05. The van der Waals surface area contributed by atoms with Crippen LogP contribution in [0.5, 0.6) is 0 Å². The maximum Gasteiger partial charge on any atom is 0.204 e. The first-order valence-electron chi connectivity index (χ1n) is 5.68. The van der Waals surface area contributed by atoms with Crippen LogP contribution in [-0.2, 0) is 11.3 Å². The van der Waals surface area contributed by atoms with Crippen molar-refractivity contribution in [1.29, 1.82) is 0 Å². The summed E-state index contributed by atoms with van der Waals surface area (Å²) in [6.07, 6.45) is 1.29. The van der Waals surface area contributed by atoms with E-state index in [0.717, 1.165) is 16.5 Å². The fourth-order valence-corrected chi connectivity index (χ4v) is 1.79. The Bertz CT molecular complexity index is 535. The van der Waals surface area contributed by atoms with Crippen molar-refractivity contribution in [2.75, 3.05) is 0 Å². The van der Waals surface area contributed by atoms with E-state index in [1.165, 1.54) is 4.80 Å². The molecule has 1 aromatic heterocycles. The Morgan fingerprint density at radius 3 is 2.72 bits per heavy atom. The van der Waals surface area contributed by atoms with E-state index in [2.05, 4.69) is 31.3 Å². The van der Waals surface area contributed by atoms with Crippen LogP contribution in [0.25, 0.3) is 11.4 Å². The van der Waals surface area contributed by atoms with Crippen molar-refractivity contribution in [1.82, 2.24) is 20.2 Å². The lowest BCUT2D eigenvalue weighted by Crippen LogP contribution is -2.04. The van der Waals surface area contributed by atoms with Gasteiger partial charge in [-0.05, 0) is 42.8 Å². The zero-order valence-electron chi connectivity index (χ0n) is 10.0. The largest absolute Gasteiger partial charge is 0.300 e. The summed E-state index contributed by atoms with van der Waals surface area (Å²) in [7, 11) is 0. The van der Waals surface area contributed by atoms with Gasteiger partial charge in [-0.2, -0.15) is 4.80 Å². The van der Waals surface area contributed by atoms with E-state index >= 15 is 0 Å². The van der Waals surface area contributed by atoms with Gasteiger partial charge < -0.3 is 4.79 Å². The highest BCUT2D eigenvalue weighted by Crippen LogP contribution is 2.17. The second kappa shape index (κ2) is 5.86. The van der Waals surface area contributed by atoms with Crippen LogP contribution in [0, 0.1) is 0 Å². The topological polar surface area (TPSA) is 60.7 Å². The number of Topliss-reactive ketones (excluding diaryl/α,β-unsaturated/α-hetero) is 1. The number of hydrogen-bond acceptors (Lipinski definition) is 4. The molecule has 0 saturated carbocycles. The van der Waals surface area contributed by atoms with Gasteiger partial charge in [0.1, 0.15) is 5.78 Å². The molecule has 5 nitrogen and oxygen atoms in total. The van der Waals surface area contributed by atoms with Gasteiger partial charge in [-0.3, -0.25) is 0 Å². The van der Waals surface area contributed by atoms with Crippen molar-refractivity contribution in [3.05, 3.63) is 28.7 Å². The molecule has 6 heteroatoms. The number of hydrogen-bond donors (Lipinski definition) is 0. The van der Waals surface area contributed by atoms with Crippen molar-refractivity contribution in [2.24, 2.45) is 0 Å². The number of carbonyl (C=O) groups excluding carboxylic acids is 1. The van der Waals surface area contributed by atoms with Crippen LogP contribution in [0.3, 0.4) is 0 Å². The maximum absolute atomic E-state index is 10.8. The molecule has 0 bridgehead atoms. The van der Waals surface area contributed by atoms with Gasteiger partial charge in [0, 0.05) is 16.5 Å². The number of halogens is 1. The van der Waals surface area contributed by atoms with Crippen LogP contribution in [0.1, 0.15) is 19.8 Å². The summed E-state index contributed by atoms with van der Waals surface area (Å²) in [6, 6.07) is 7.74. The summed E-state index contributed by atoms with van der Waals surface area (Å²) >= 11 is 3.38. The second-order valence-corrected chi connectivity index (χ2v) is 4.94. The maximum atomic E-state index is 10.8. The molecule has 0 aliphatic rings. The normalized spacial score (nSPS) is 10.6. The van der Waals surface area contributed by atoms with Gasteiger partial charge in [-0.25, -0.2) is 0 Å². The van der Waals surface area contributed by atoms with E-state index in [1.54, 1.807) is 6.92 Å². The molecule has 1 heterocycles. The van der Waals surface area contributed by atoms with Crippen LogP contribution in [0.15, 0.2) is 28.7 Å². The molecule has 0 aliphatic carbocycles. The van der Waals surface area contributed by atoms with Crippen LogP contribution < -0.4 is 0 Å². The van der Waals surface area contributed by atoms with Crippen LogP contribution in [0.2, 0.25) is 0 Å². The van der Waals surface area contributed by atoms with Crippen molar-refractivity contribution in [3.8, 4) is 11.4 Å². The summed E-state index contributed by atoms with van der Waals surface area (Å²) in [5, 5.41) is 12.2. The predicted molar refractivity (Wildman–Crippen MR) is 70.9 cm³/mol. The number of aromatic nitrogens is 4. The molecule has 2 aromatic rings. The smallest absolute Gasteiger partial charge is 0.204 e. The lowest BCUT2D eigenvalue weighted by atomic mass is 10.2. The number of tetrazole rings is 1. The van der Waals surface area contributed by atoms with Gasteiger partial charge in [-0.1, -0.05) is 15.9 Å². The molecule has 0 saturated heterocycles. The van der Waals surface area contributed by atoms with Gasteiger partial charge in [-0.15, -0.1) is 10.2 Å². The molecule has 0 spiro atoms. The Labute approximate surface area is 113 Å². The zero-order chi connectivity index (χ0) is 13.0. The molecule has 0 fully saturated rings. The third-order valence-electron chi connectivity index (χ3n) is 2.44. The number of ketones is 1. The number of nitrogens with zero attached hydrogens (tertiary/aromatic N) is 4. The second-order valence-electron chi connectivity index (χ2n) is 4.02. The molecule has 0 unspecified atom stereocenters. The Balaban J connectivity index is 2.01. The van der Waals surface area contributed by atoms with Crippen molar-refractivity contribution >= 4 is 21.7 Å². The van der Waals surface area contributed by atoms with E-state index in [1.807, 2.05) is 24.3 Å². The molecular formula is C12H13BrN4O. The van der Waals surface area contributed by atoms with Gasteiger partial charge in [0.25, 0.3) is 0 Å².